The lowest BCUT2D eigenvalue weighted by atomic mass is 9.95. The fraction of sp³-hybridized carbons (Fsp3) is 0.269. The first kappa shape index (κ1) is 24.7. The third-order valence-corrected chi connectivity index (χ3v) is 7.96. The molecule has 7 nitrogen and oxygen atoms in total. The molecule has 1 atom stereocenters. The fourth-order valence-electron chi connectivity index (χ4n) is 4.20. The van der Waals surface area contributed by atoms with Gasteiger partial charge in [0.15, 0.2) is 11.5 Å². The van der Waals surface area contributed by atoms with E-state index in [0.717, 1.165) is 28.8 Å². The van der Waals surface area contributed by atoms with Gasteiger partial charge in [-0.2, -0.15) is 4.31 Å². The minimum absolute atomic E-state index is 0.0543. The first-order chi connectivity index (χ1) is 16.8. The maximum atomic E-state index is 13.4. The number of ether oxygens (including phenoxy) is 2. The van der Waals surface area contributed by atoms with E-state index in [-0.39, 0.29) is 23.8 Å². The van der Waals surface area contributed by atoms with Crippen molar-refractivity contribution < 1.29 is 27.1 Å². The normalized spacial score (nSPS) is 15.8. The van der Waals surface area contributed by atoms with Crippen molar-refractivity contribution in [3.8, 4) is 11.5 Å². The Balaban J connectivity index is 1.53. The molecule has 1 amide bonds. The highest BCUT2D eigenvalue weighted by atomic mass is 32.2. The maximum Gasteiger partial charge on any atom is 0.244 e. The monoisotopic (exact) mass is 498 g/mol. The van der Waals surface area contributed by atoms with Crippen LogP contribution in [0.4, 0.5) is 4.39 Å². The number of amides is 1. The van der Waals surface area contributed by atoms with Crippen LogP contribution in [0.1, 0.15) is 16.7 Å². The Hall–Kier alpha value is -3.43. The second-order valence-electron chi connectivity index (χ2n) is 8.22. The van der Waals surface area contributed by atoms with Gasteiger partial charge in [-0.1, -0.05) is 30.3 Å². The second kappa shape index (κ2) is 10.5. The standard InChI is InChI=1S/C26H27FN2O5S/c1-33-24-12-7-18(15-25(24)34-2)13-14-28-26(30)23-16-19-5-3-4-6-20(19)17-29(23)35(31,32)22-10-8-21(27)9-11-22/h3-12,15,23H,13-14,16-17H2,1-2H3,(H,28,30). The number of benzene rings is 3. The van der Waals surface area contributed by atoms with Crippen LogP contribution in [-0.2, 0) is 34.2 Å². The van der Waals surface area contributed by atoms with Gasteiger partial charge in [0.25, 0.3) is 0 Å². The zero-order valence-electron chi connectivity index (χ0n) is 19.5. The number of nitrogens with zero attached hydrogens (tertiary/aromatic N) is 1. The number of hydrogen-bond donors (Lipinski definition) is 1. The van der Waals surface area contributed by atoms with Crippen LogP contribution in [0, 0.1) is 5.82 Å². The summed E-state index contributed by atoms with van der Waals surface area (Å²) in [6.07, 6.45) is 0.777. The highest BCUT2D eigenvalue weighted by Crippen LogP contribution is 2.30. The number of sulfonamides is 1. The molecule has 35 heavy (non-hydrogen) atoms. The first-order valence-corrected chi connectivity index (χ1v) is 12.6. The summed E-state index contributed by atoms with van der Waals surface area (Å²) >= 11 is 0. The van der Waals surface area contributed by atoms with Gasteiger partial charge in [-0.15, -0.1) is 0 Å². The lowest BCUT2D eigenvalue weighted by Crippen LogP contribution is -2.52. The molecule has 0 radical (unpaired) electrons. The molecule has 0 bridgehead atoms. The predicted molar refractivity (Wildman–Crippen MR) is 129 cm³/mol. The summed E-state index contributed by atoms with van der Waals surface area (Å²) in [5.74, 6) is 0.294. The summed E-state index contributed by atoms with van der Waals surface area (Å²) in [5, 5.41) is 2.88. The summed E-state index contributed by atoms with van der Waals surface area (Å²) in [5.41, 5.74) is 2.71. The molecule has 3 aromatic carbocycles. The van der Waals surface area contributed by atoms with Gasteiger partial charge in [-0.3, -0.25) is 4.79 Å². The molecule has 0 spiro atoms. The van der Waals surface area contributed by atoms with E-state index in [1.54, 1.807) is 20.3 Å². The van der Waals surface area contributed by atoms with E-state index >= 15 is 0 Å². The van der Waals surface area contributed by atoms with E-state index < -0.39 is 21.9 Å². The molecule has 1 heterocycles. The van der Waals surface area contributed by atoms with Gasteiger partial charge in [0, 0.05) is 13.1 Å². The Kier molecular flexibility index (Phi) is 7.37. The zero-order valence-corrected chi connectivity index (χ0v) is 20.3. The summed E-state index contributed by atoms with van der Waals surface area (Å²) < 4.78 is 52.1. The smallest absolute Gasteiger partial charge is 0.244 e. The Morgan fingerprint density at radius 2 is 1.69 bits per heavy atom. The van der Waals surface area contributed by atoms with Gasteiger partial charge < -0.3 is 14.8 Å². The van der Waals surface area contributed by atoms with Crippen LogP contribution in [-0.4, -0.2) is 45.4 Å². The SMILES string of the molecule is COc1ccc(CCNC(=O)C2Cc3ccccc3CN2S(=O)(=O)c2ccc(F)cc2)cc1OC. The van der Waals surface area contributed by atoms with Gasteiger partial charge in [-0.05, 0) is 65.9 Å². The van der Waals surface area contributed by atoms with Crippen molar-refractivity contribution in [3.05, 3.63) is 89.2 Å². The van der Waals surface area contributed by atoms with Gasteiger partial charge in [-0.25, -0.2) is 12.8 Å². The van der Waals surface area contributed by atoms with Crippen LogP contribution >= 0.6 is 0 Å². The minimum Gasteiger partial charge on any atom is -0.493 e. The Morgan fingerprint density at radius 3 is 2.37 bits per heavy atom. The van der Waals surface area contributed by atoms with Crippen LogP contribution in [0.15, 0.2) is 71.6 Å². The van der Waals surface area contributed by atoms with Gasteiger partial charge in [0.2, 0.25) is 15.9 Å². The number of methoxy groups -OCH3 is 2. The number of fused-ring (bicyclic) bond motifs is 1. The molecule has 1 N–H and O–H groups in total. The molecule has 3 aromatic rings. The molecule has 0 aliphatic carbocycles. The van der Waals surface area contributed by atoms with Gasteiger partial charge in [0.1, 0.15) is 11.9 Å². The summed E-state index contributed by atoms with van der Waals surface area (Å²) in [4.78, 5) is 13.2. The van der Waals surface area contributed by atoms with E-state index in [1.165, 1.54) is 16.4 Å². The van der Waals surface area contributed by atoms with Crippen LogP contribution in [0.2, 0.25) is 0 Å². The third kappa shape index (κ3) is 5.31. The molecule has 184 valence electrons. The quantitative estimate of drug-likeness (QED) is 0.515. The average molecular weight is 499 g/mol. The molecule has 0 saturated heterocycles. The highest BCUT2D eigenvalue weighted by Gasteiger charge is 2.39. The Morgan fingerprint density at radius 1 is 1.00 bits per heavy atom. The molecule has 1 aliphatic heterocycles. The zero-order chi connectivity index (χ0) is 25.0. The molecule has 0 aromatic heterocycles. The molecule has 4 rings (SSSR count). The number of carbonyl (C=O) groups excluding carboxylic acids is 1. The van der Waals surface area contributed by atoms with E-state index in [0.29, 0.717) is 24.5 Å². The van der Waals surface area contributed by atoms with Crippen molar-refractivity contribution in [3.63, 3.8) is 0 Å². The van der Waals surface area contributed by atoms with E-state index in [4.69, 9.17) is 9.47 Å². The number of halogens is 1. The fourth-order valence-corrected chi connectivity index (χ4v) is 5.77. The Bertz CT molecular complexity index is 1310. The molecular formula is C26H27FN2O5S. The van der Waals surface area contributed by atoms with E-state index in [1.807, 2.05) is 36.4 Å². The summed E-state index contributed by atoms with van der Waals surface area (Å²) in [7, 11) is -0.917. The lowest BCUT2D eigenvalue weighted by Gasteiger charge is -2.35. The van der Waals surface area contributed by atoms with Crippen molar-refractivity contribution in [2.75, 3.05) is 20.8 Å². The molecule has 0 saturated carbocycles. The van der Waals surface area contributed by atoms with Crippen LogP contribution in [0.3, 0.4) is 0 Å². The van der Waals surface area contributed by atoms with Crippen molar-refractivity contribution in [2.24, 2.45) is 0 Å². The topological polar surface area (TPSA) is 84.9 Å². The summed E-state index contributed by atoms with van der Waals surface area (Å²) in [6, 6.07) is 16.7. The average Bonchev–Trinajstić information content (AvgIpc) is 2.88. The van der Waals surface area contributed by atoms with Gasteiger partial charge >= 0.3 is 0 Å². The highest BCUT2D eigenvalue weighted by molar-refractivity contribution is 7.89. The number of rotatable bonds is 8. The van der Waals surface area contributed by atoms with E-state index in [9.17, 15) is 17.6 Å². The molecule has 1 unspecified atom stereocenters. The third-order valence-electron chi connectivity index (χ3n) is 6.09. The van der Waals surface area contributed by atoms with E-state index in [2.05, 4.69) is 5.32 Å². The Labute approximate surface area is 204 Å². The van der Waals surface area contributed by atoms with Crippen LogP contribution < -0.4 is 14.8 Å². The predicted octanol–water partition coefficient (Wildman–Crippen LogP) is 3.32. The molecular weight excluding hydrogens is 471 g/mol. The largest absolute Gasteiger partial charge is 0.493 e. The molecule has 1 aliphatic rings. The van der Waals surface area contributed by atoms with Gasteiger partial charge in [0.05, 0.1) is 19.1 Å². The van der Waals surface area contributed by atoms with Crippen molar-refractivity contribution >= 4 is 15.9 Å². The second-order valence-corrected chi connectivity index (χ2v) is 10.1. The van der Waals surface area contributed by atoms with Crippen LogP contribution in [0.5, 0.6) is 11.5 Å². The minimum atomic E-state index is -4.03. The van der Waals surface area contributed by atoms with Crippen molar-refractivity contribution in [1.82, 2.24) is 9.62 Å². The molecule has 0 fully saturated rings. The van der Waals surface area contributed by atoms with Crippen LogP contribution in [0.25, 0.3) is 0 Å². The number of hydrogen-bond acceptors (Lipinski definition) is 5. The summed E-state index contributed by atoms with van der Waals surface area (Å²) in [6.45, 7) is 0.376. The molecule has 9 heteroatoms. The number of nitrogens with one attached hydrogen (secondary N) is 1. The van der Waals surface area contributed by atoms with Crippen molar-refractivity contribution in [2.45, 2.75) is 30.3 Å². The maximum absolute atomic E-state index is 13.4. The van der Waals surface area contributed by atoms with Crippen molar-refractivity contribution in [1.29, 1.82) is 0 Å². The lowest BCUT2D eigenvalue weighted by molar-refractivity contribution is -0.125. The first-order valence-electron chi connectivity index (χ1n) is 11.2. The number of carbonyl (C=O) groups is 1.